The molecular formula is C35H71NO2. The van der Waals surface area contributed by atoms with Gasteiger partial charge < -0.3 is 10.1 Å². The van der Waals surface area contributed by atoms with Gasteiger partial charge in [-0.15, -0.1) is 0 Å². The van der Waals surface area contributed by atoms with Gasteiger partial charge in [-0.2, -0.15) is 0 Å². The Balaban J connectivity index is 3.40. The van der Waals surface area contributed by atoms with E-state index in [0.29, 0.717) is 6.61 Å². The van der Waals surface area contributed by atoms with Crippen LogP contribution in [0.3, 0.4) is 0 Å². The molecule has 0 fully saturated rings. The molecule has 0 heterocycles. The highest BCUT2D eigenvalue weighted by atomic mass is 16.5. The molecule has 0 aliphatic heterocycles. The first-order valence-corrected chi connectivity index (χ1v) is 17.7. The molecule has 1 unspecified atom stereocenters. The van der Waals surface area contributed by atoms with Crippen LogP contribution in [0.4, 0.5) is 0 Å². The average molecular weight is 538 g/mol. The molecule has 1 atom stereocenters. The van der Waals surface area contributed by atoms with Crippen molar-refractivity contribution >= 4 is 5.97 Å². The third kappa shape index (κ3) is 28.4. The van der Waals surface area contributed by atoms with Gasteiger partial charge in [-0.05, 0) is 25.8 Å². The molecule has 0 amide bonds. The third-order valence-electron chi connectivity index (χ3n) is 8.11. The zero-order valence-corrected chi connectivity index (χ0v) is 26.6. The van der Waals surface area contributed by atoms with E-state index in [4.69, 9.17) is 4.74 Å². The molecular weight excluding hydrogens is 466 g/mol. The second-order valence-corrected chi connectivity index (χ2v) is 11.9. The van der Waals surface area contributed by atoms with Crippen molar-refractivity contribution in [3.05, 3.63) is 0 Å². The summed E-state index contributed by atoms with van der Waals surface area (Å²) in [5.41, 5.74) is 0. The molecule has 0 aromatic carbocycles. The van der Waals surface area contributed by atoms with E-state index < -0.39 is 0 Å². The molecule has 0 aliphatic rings. The van der Waals surface area contributed by atoms with Crippen molar-refractivity contribution in [2.24, 2.45) is 0 Å². The van der Waals surface area contributed by atoms with Gasteiger partial charge in [0.15, 0.2) is 0 Å². The summed E-state index contributed by atoms with van der Waals surface area (Å²) in [4.78, 5) is 12.4. The van der Waals surface area contributed by atoms with Gasteiger partial charge in [0.2, 0.25) is 0 Å². The minimum absolute atomic E-state index is 0.0445. The molecule has 0 aliphatic carbocycles. The summed E-state index contributed by atoms with van der Waals surface area (Å²) in [6, 6.07) is -0.126. The van der Waals surface area contributed by atoms with Gasteiger partial charge in [0.1, 0.15) is 6.04 Å². The molecule has 3 nitrogen and oxygen atoms in total. The minimum Gasteiger partial charge on any atom is -0.465 e. The number of rotatable bonds is 32. The van der Waals surface area contributed by atoms with E-state index in [1.165, 1.54) is 167 Å². The highest BCUT2D eigenvalue weighted by molar-refractivity contribution is 5.75. The number of unbranched alkanes of at least 4 members (excludes halogenated alkanes) is 25. The zero-order valence-electron chi connectivity index (χ0n) is 26.6. The van der Waals surface area contributed by atoms with Crippen LogP contribution in [0.2, 0.25) is 0 Å². The Hall–Kier alpha value is -0.570. The van der Waals surface area contributed by atoms with Crippen molar-refractivity contribution in [1.82, 2.24) is 5.32 Å². The largest absolute Gasteiger partial charge is 0.465 e. The van der Waals surface area contributed by atoms with Crippen LogP contribution >= 0.6 is 0 Å². The summed E-state index contributed by atoms with van der Waals surface area (Å²) in [7, 11) is 0. The van der Waals surface area contributed by atoms with Gasteiger partial charge >= 0.3 is 5.97 Å². The van der Waals surface area contributed by atoms with Crippen LogP contribution in [0, 0.1) is 0 Å². The van der Waals surface area contributed by atoms with Crippen LogP contribution in [-0.2, 0) is 9.53 Å². The van der Waals surface area contributed by atoms with E-state index in [9.17, 15) is 4.79 Å². The Morgan fingerprint density at radius 1 is 0.474 bits per heavy atom. The Morgan fingerprint density at radius 2 is 0.789 bits per heavy atom. The smallest absolute Gasteiger partial charge is 0.323 e. The van der Waals surface area contributed by atoms with Crippen molar-refractivity contribution in [2.45, 2.75) is 207 Å². The van der Waals surface area contributed by atoms with E-state index >= 15 is 0 Å². The molecule has 1 N–H and O–H groups in total. The highest BCUT2D eigenvalue weighted by Gasteiger charge is 2.16. The molecule has 0 saturated heterocycles. The summed E-state index contributed by atoms with van der Waals surface area (Å²) in [6.07, 6.45) is 37.6. The molecule has 0 saturated carbocycles. The summed E-state index contributed by atoms with van der Waals surface area (Å²) < 4.78 is 5.57. The second kappa shape index (κ2) is 32.6. The molecule has 0 aromatic heterocycles. The SMILES string of the molecule is CCCCCCCCCCCCCCCCOC(=O)C(CC)NCCCCCCCCCCCCCCC. The molecule has 0 rings (SSSR count). The number of hydrogen-bond donors (Lipinski definition) is 1. The predicted octanol–water partition coefficient (Wildman–Crippen LogP) is 11.5. The van der Waals surface area contributed by atoms with Crippen molar-refractivity contribution in [3.63, 3.8) is 0 Å². The third-order valence-corrected chi connectivity index (χ3v) is 8.11. The lowest BCUT2D eigenvalue weighted by Crippen LogP contribution is -2.38. The normalized spacial score (nSPS) is 12.2. The molecule has 0 spiro atoms. The Labute approximate surface area is 240 Å². The fraction of sp³-hybridized carbons (Fsp3) is 0.971. The Morgan fingerprint density at radius 3 is 1.13 bits per heavy atom. The maximum atomic E-state index is 12.4. The molecule has 228 valence electrons. The topological polar surface area (TPSA) is 38.3 Å². The van der Waals surface area contributed by atoms with Crippen molar-refractivity contribution in [1.29, 1.82) is 0 Å². The van der Waals surface area contributed by atoms with Crippen LogP contribution in [0.25, 0.3) is 0 Å². The minimum atomic E-state index is -0.126. The van der Waals surface area contributed by atoms with Crippen molar-refractivity contribution in [2.75, 3.05) is 13.2 Å². The van der Waals surface area contributed by atoms with E-state index in [0.717, 1.165) is 19.4 Å². The maximum absolute atomic E-state index is 12.4. The number of carbonyl (C=O) groups is 1. The number of carbonyl (C=O) groups excluding carboxylic acids is 1. The fourth-order valence-electron chi connectivity index (χ4n) is 5.38. The maximum Gasteiger partial charge on any atom is 0.323 e. The number of hydrogen-bond acceptors (Lipinski definition) is 3. The van der Waals surface area contributed by atoms with E-state index in [2.05, 4.69) is 26.1 Å². The van der Waals surface area contributed by atoms with Crippen LogP contribution in [0.15, 0.2) is 0 Å². The molecule has 0 bridgehead atoms. The average Bonchev–Trinajstić information content (AvgIpc) is 2.93. The summed E-state index contributed by atoms with van der Waals surface area (Å²) in [5.74, 6) is -0.0445. The molecule has 0 radical (unpaired) electrons. The lowest BCUT2D eigenvalue weighted by atomic mass is 10.0. The standard InChI is InChI=1S/C35H71NO2/c1-4-7-9-11-13-15-17-19-21-23-25-27-29-31-33-38-35(37)34(6-3)36-32-30-28-26-24-22-20-18-16-14-12-10-8-5-2/h34,36H,4-33H2,1-3H3. The first-order valence-electron chi connectivity index (χ1n) is 17.7. The monoisotopic (exact) mass is 538 g/mol. The molecule has 0 aromatic rings. The summed E-state index contributed by atoms with van der Waals surface area (Å²) >= 11 is 0. The van der Waals surface area contributed by atoms with E-state index in [1.54, 1.807) is 0 Å². The van der Waals surface area contributed by atoms with Gasteiger partial charge in [-0.25, -0.2) is 0 Å². The predicted molar refractivity (Wildman–Crippen MR) is 169 cm³/mol. The van der Waals surface area contributed by atoms with E-state index in [-0.39, 0.29) is 12.0 Å². The number of ether oxygens (including phenoxy) is 1. The van der Waals surface area contributed by atoms with Crippen molar-refractivity contribution in [3.8, 4) is 0 Å². The van der Waals surface area contributed by atoms with Gasteiger partial charge in [0.05, 0.1) is 6.61 Å². The summed E-state index contributed by atoms with van der Waals surface area (Å²) in [5, 5.41) is 3.44. The van der Waals surface area contributed by atoms with Gasteiger partial charge in [-0.3, -0.25) is 4.79 Å². The van der Waals surface area contributed by atoms with Gasteiger partial charge in [0.25, 0.3) is 0 Å². The fourth-order valence-corrected chi connectivity index (χ4v) is 5.38. The van der Waals surface area contributed by atoms with Crippen LogP contribution < -0.4 is 5.32 Å². The molecule has 3 heteroatoms. The first kappa shape index (κ1) is 37.4. The number of esters is 1. The highest BCUT2D eigenvalue weighted by Crippen LogP contribution is 2.14. The van der Waals surface area contributed by atoms with Crippen molar-refractivity contribution < 1.29 is 9.53 Å². The van der Waals surface area contributed by atoms with Crippen LogP contribution in [0.5, 0.6) is 0 Å². The Bertz CT molecular complexity index is 453. The summed E-state index contributed by atoms with van der Waals surface area (Å²) in [6.45, 7) is 8.18. The first-order chi connectivity index (χ1) is 18.8. The number of nitrogens with one attached hydrogen (secondary N) is 1. The van der Waals surface area contributed by atoms with Crippen LogP contribution in [-0.4, -0.2) is 25.2 Å². The Kier molecular flexibility index (Phi) is 32.2. The van der Waals surface area contributed by atoms with Gasteiger partial charge in [0, 0.05) is 0 Å². The van der Waals surface area contributed by atoms with E-state index in [1.807, 2.05) is 0 Å². The lowest BCUT2D eigenvalue weighted by Gasteiger charge is -2.16. The molecule has 38 heavy (non-hydrogen) atoms. The quantitative estimate of drug-likeness (QED) is 0.0685. The van der Waals surface area contributed by atoms with Crippen LogP contribution in [0.1, 0.15) is 201 Å². The lowest BCUT2D eigenvalue weighted by molar-refractivity contribution is -0.146. The zero-order chi connectivity index (χ0) is 27.8. The second-order valence-electron chi connectivity index (χ2n) is 11.9. The van der Waals surface area contributed by atoms with Gasteiger partial charge in [-0.1, -0.05) is 181 Å².